The van der Waals surface area contributed by atoms with Gasteiger partial charge < -0.3 is 9.64 Å². The monoisotopic (exact) mass is 456 g/mol. The van der Waals surface area contributed by atoms with Crippen LogP contribution in [0.5, 0.6) is 5.75 Å². The third-order valence-electron chi connectivity index (χ3n) is 6.33. The van der Waals surface area contributed by atoms with Crippen molar-refractivity contribution in [1.29, 1.82) is 0 Å². The molecule has 0 aromatic heterocycles. The molecule has 172 valence electrons. The van der Waals surface area contributed by atoms with Crippen LogP contribution in [0.4, 0.5) is 0 Å². The zero-order valence-electron chi connectivity index (χ0n) is 18.5. The van der Waals surface area contributed by atoms with E-state index in [4.69, 9.17) is 4.74 Å². The molecule has 32 heavy (non-hydrogen) atoms. The average molecular weight is 457 g/mol. The van der Waals surface area contributed by atoms with E-state index in [2.05, 4.69) is 12.1 Å². The lowest BCUT2D eigenvalue weighted by atomic mass is 9.95. The Kier molecular flexibility index (Phi) is 7.48. The molecule has 2 aromatic rings. The van der Waals surface area contributed by atoms with Gasteiger partial charge in [-0.15, -0.1) is 0 Å². The van der Waals surface area contributed by atoms with E-state index in [0.717, 1.165) is 43.4 Å². The standard InChI is InChI=1S/C25H32N2O4S/c28-25-19-26(32(29,30)20-22-8-2-1-3-9-22)15-7-17-31-24-12-6-10-21(18-24)13-14-23-11-4-5-16-27(23)25/h1-3,6,8-10,12,18,23H,4-5,7,11,13-17,19-20H2. The summed E-state index contributed by atoms with van der Waals surface area (Å²) in [5, 5.41) is 0. The summed E-state index contributed by atoms with van der Waals surface area (Å²) in [5.74, 6) is 0.626. The number of carbonyl (C=O) groups excluding carboxylic acids is 1. The summed E-state index contributed by atoms with van der Waals surface area (Å²) in [6.45, 7) is 1.27. The molecule has 0 spiro atoms. The number of piperidine rings is 1. The fourth-order valence-electron chi connectivity index (χ4n) is 4.62. The van der Waals surface area contributed by atoms with Crippen LogP contribution >= 0.6 is 0 Å². The largest absolute Gasteiger partial charge is 0.494 e. The fourth-order valence-corrected chi connectivity index (χ4v) is 6.13. The first-order valence-electron chi connectivity index (χ1n) is 11.5. The molecule has 1 atom stereocenters. The molecule has 0 radical (unpaired) electrons. The minimum absolute atomic E-state index is 0.0851. The van der Waals surface area contributed by atoms with Crippen molar-refractivity contribution in [3.8, 4) is 5.75 Å². The first-order valence-corrected chi connectivity index (χ1v) is 13.2. The molecule has 2 aliphatic rings. The van der Waals surface area contributed by atoms with Crippen LogP contribution in [0.15, 0.2) is 54.6 Å². The number of aryl methyl sites for hydroxylation is 1. The lowest BCUT2D eigenvalue weighted by Crippen LogP contribution is -2.49. The normalized spacial score (nSPS) is 21.3. The van der Waals surface area contributed by atoms with Gasteiger partial charge in [-0.1, -0.05) is 42.5 Å². The van der Waals surface area contributed by atoms with E-state index in [0.29, 0.717) is 19.6 Å². The van der Waals surface area contributed by atoms with Crippen LogP contribution in [0, 0.1) is 0 Å². The van der Waals surface area contributed by atoms with Crippen LogP contribution in [0.25, 0.3) is 0 Å². The summed E-state index contributed by atoms with van der Waals surface area (Å²) in [6.07, 6.45) is 5.33. The van der Waals surface area contributed by atoms with Gasteiger partial charge in [-0.05, 0) is 61.8 Å². The third kappa shape index (κ3) is 5.90. The SMILES string of the molecule is O=C1CN(S(=O)(=O)Cc2ccccc2)CCCOc2cccc(c2)CCC2CCCCN12. The van der Waals surface area contributed by atoms with Crippen molar-refractivity contribution in [3.05, 3.63) is 65.7 Å². The van der Waals surface area contributed by atoms with Crippen molar-refractivity contribution < 1.29 is 17.9 Å². The summed E-state index contributed by atoms with van der Waals surface area (Å²) >= 11 is 0. The Morgan fingerprint density at radius 3 is 2.62 bits per heavy atom. The van der Waals surface area contributed by atoms with Gasteiger partial charge in [0.2, 0.25) is 15.9 Å². The maximum absolute atomic E-state index is 13.3. The minimum atomic E-state index is -3.64. The van der Waals surface area contributed by atoms with Gasteiger partial charge in [-0.25, -0.2) is 8.42 Å². The van der Waals surface area contributed by atoms with E-state index >= 15 is 0 Å². The third-order valence-corrected chi connectivity index (χ3v) is 8.13. The Bertz CT molecular complexity index is 1010. The van der Waals surface area contributed by atoms with Gasteiger partial charge in [-0.3, -0.25) is 4.79 Å². The van der Waals surface area contributed by atoms with Gasteiger partial charge in [0.15, 0.2) is 0 Å². The number of hydrogen-bond donors (Lipinski definition) is 0. The van der Waals surface area contributed by atoms with E-state index < -0.39 is 10.0 Å². The molecule has 0 N–H and O–H groups in total. The van der Waals surface area contributed by atoms with Crippen molar-refractivity contribution in [1.82, 2.24) is 9.21 Å². The molecular weight excluding hydrogens is 424 g/mol. The Morgan fingerprint density at radius 1 is 0.938 bits per heavy atom. The molecule has 6 nitrogen and oxygen atoms in total. The van der Waals surface area contributed by atoms with Gasteiger partial charge in [-0.2, -0.15) is 4.31 Å². The highest BCUT2D eigenvalue weighted by Gasteiger charge is 2.31. The number of fused-ring (bicyclic) bond motifs is 3. The number of rotatable bonds is 3. The maximum atomic E-state index is 13.3. The molecule has 1 amide bonds. The molecule has 7 heteroatoms. The summed E-state index contributed by atoms with van der Waals surface area (Å²) < 4.78 is 33.8. The Morgan fingerprint density at radius 2 is 1.78 bits per heavy atom. The molecule has 0 saturated carbocycles. The zero-order valence-corrected chi connectivity index (χ0v) is 19.3. The van der Waals surface area contributed by atoms with E-state index in [9.17, 15) is 13.2 Å². The number of nitrogens with zero attached hydrogens (tertiary/aromatic N) is 2. The van der Waals surface area contributed by atoms with Crippen molar-refractivity contribution in [2.75, 3.05) is 26.2 Å². The van der Waals surface area contributed by atoms with Crippen LogP contribution in [0.1, 0.15) is 43.2 Å². The summed E-state index contributed by atoms with van der Waals surface area (Å²) in [6, 6.07) is 17.4. The molecular formula is C25H32N2O4S. The second-order valence-corrected chi connectivity index (χ2v) is 10.7. The van der Waals surface area contributed by atoms with Gasteiger partial charge in [0.25, 0.3) is 0 Å². The molecule has 2 bridgehead atoms. The Labute approximate surface area is 191 Å². The van der Waals surface area contributed by atoms with Crippen LogP contribution < -0.4 is 4.74 Å². The second kappa shape index (κ2) is 10.5. The summed E-state index contributed by atoms with van der Waals surface area (Å²) in [4.78, 5) is 15.2. The lowest BCUT2D eigenvalue weighted by molar-refractivity contribution is -0.135. The highest BCUT2D eigenvalue weighted by molar-refractivity contribution is 7.88. The fraction of sp³-hybridized carbons (Fsp3) is 0.480. The molecule has 2 aromatic carbocycles. The van der Waals surface area contributed by atoms with Crippen LogP contribution in [0.2, 0.25) is 0 Å². The second-order valence-electron chi connectivity index (χ2n) is 8.70. The molecule has 1 saturated heterocycles. The minimum Gasteiger partial charge on any atom is -0.494 e. The number of carbonyl (C=O) groups is 1. The number of benzene rings is 2. The molecule has 1 fully saturated rings. The molecule has 2 aliphatic heterocycles. The average Bonchev–Trinajstić information content (AvgIpc) is 2.80. The number of hydrogen-bond acceptors (Lipinski definition) is 4. The number of amides is 1. The number of sulfonamides is 1. The lowest BCUT2D eigenvalue weighted by Gasteiger charge is -2.37. The van der Waals surface area contributed by atoms with Gasteiger partial charge in [0.05, 0.1) is 18.9 Å². The quantitative estimate of drug-likeness (QED) is 0.708. The van der Waals surface area contributed by atoms with Crippen molar-refractivity contribution in [3.63, 3.8) is 0 Å². The van der Waals surface area contributed by atoms with E-state index in [1.54, 1.807) is 12.1 Å². The number of ether oxygens (including phenoxy) is 1. The highest BCUT2D eigenvalue weighted by Crippen LogP contribution is 2.24. The topological polar surface area (TPSA) is 66.9 Å². The molecule has 0 aliphatic carbocycles. The Balaban J connectivity index is 1.57. The highest BCUT2D eigenvalue weighted by atomic mass is 32.2. The van der Waals surface area contributed by atoms with E-state index in [1.807, 2.05) is 35.2 Å². The van der Waals surface area contributed by atoms with Crippen molar-refractivity contribution in [2.45, 2.75) is 50.3 Å². The summed E-state index contributed by atoms with van der Waals surface area (Å²) in [7, 11) is -3.64. The molecule has 1 unspecified atom stereocenters. The molecule has 4 rings (SSSR count). The van der Waals surface area contributed by atoms with Gasteiger partial charge in [0.1, 0.15) is 5.75 Å². The van der Waals surface area contributed by atoms with Crippen LogP contribution in [-0.4, -0.2) is 55.8 Å². The van der Waals surface area contributed by atoms with Crippen LogP contribution in [-0.2, 0) is 27.0 Å². The maximum Gasteiger partial charge on any atom is 0.238 e. The predicted molar refractivity (Wildman–Crippen MR) is 125 cm³/mol. The molecule has 2 heterocycles. The zero-order chi connectivity index (χ0) is 22.4. The predicted octanol–water partition coefficient (Wildman–Crippen LogP) is 3.61. The first-order chi connectivity index (χ1) is 15.5. The van der Waals surface area contributed by atoms with Crippen LogP contribution in [0.3, 0.4) is 0 Å². The summed E-state index contributed by atoms with van der Waals surface area (Å²) in [5.41, 5.74) is 1.94. The van der Waals surface area contributed by atoms with Gasteiger partial charge >= 0.3 is 0 Å². The van der Waals surface area contributed by atoms with E-state index in [1.165, 1.54) is 9.87 Å². The Hall–Kier alpha value is -2.38. The van der Waals surface area contributed by atoms with Crippen molar-refractivity contribution >= 4 is 15.9 Å². The van der Waals surface area contributed by atoms with Crippen molar-refractivity contribution in [2.24, 2.45) is 0 Å². The first kappa shape index (κ1) is 22.8. The van der Waals surface area contributed by atoms with E-state index in [-0.39, 0.29) is 30.8 Å². The van der Waals surface area contributed by atoms with Gasteiger partial charge in [0, 0.05) is 19.1 Å². The smallest absolute Gasteiger partial charge is 0.238 e.